The molecule has 2 aromatic rings. The molecule has 0 fully saturated rings. The zero-order valence-electron chi connectivity index (χ0n) is 13.3. The van der Waals surface area contributed by atoms with Gasteiger partial charge in [0, 0.05) is 12.1 Å². The second-order valence-corrected chi connectivity index (χ2v) is 6.56. The summed E-state index contributed by atoms with van der Waals surface area (Å²) >= 11 is 0. The highest BCUT2D eigenvalue weighted by Gasteiger charge is 2.27. The molecule has 25 heavy (non-hydrogen) atoms. The lowest BCUT2D eigenvalue weighted by atomic mass is 10.1. The van der Waals surface area contributed by atoms with Crippen molar-refractivity contribution in [1.82, 2.24) is 5.09 Å². The van der Waals surface area contributed by atoms with Crippen LogP contribution in [0.1, 0.15) is 15.9 Å². The Morgan fingerprint density at radius 3 is 2.24 bits per heavy atom. The van der Waals surface area contributed by atoms with Gasteiger partial charge >= 0.3 is 13.9 Å². The van der Waals surface area contributed by atoms with E-state index in [1.54, 1.807) is 0 Å². The molecular formula is C17H18N2O5P+. The molecule has 2 rings (SSSR count). The van der Waals surface area contributed by atoms with Crippen LogP contribution < -0.4 is 10.4 Å². The third kappa shape index (κ3) is 5.76. The number of hydrogen-bond acceptors (Lipinski definition) is 4. The molecule has 0 aliphatic rings. The van der Waals surface area contributed by atoms with Crippen LogP contribution in [0.5, 0.6) is 0 Å². The topological polar surface area (TPSA) is 116 Å². The summed E-state index contributed by atoms with van der Waals surface area (Å²) in [6.45, 7) is 0. The predicted octanol–water partition coefficient (Wildman–Crippen LogP) is 2.22. The Balaban J connectivity index is 2.10. The van der Waals surface area contributed by atoms with Crippen molar-refractivity contribution in [3.05, 3.63) is 65.7 Å². The lowest BCUT2D eigenvalue weighted by molar-refractivity contribution is -0.117. The fraction of sp³-hybridized carbons (Fsp3) is 0.176. The highest BCUT2D eigenvalue weighted by Crippen LogP contribution is 2.17. The average Bonchev–Trinajstić information content (AvgIpc) is 2.62. The molecule has 7 nitrogen and oxygen atoms in total. The molecule has 0 aromatic heterocycles. The minimum atomic E-state index is -2.12. The number of rotatable bonds is 8. The Bertz CT molecular complexity index is 749. The number of carbonyl (C=O) groups excluding carboxylic acids is 1. The molecule has 0 saturated carbocycles. The van der Waals surface area contributed by atoms with Crippen molar-refractivity contribution in [3.8, 4) is 0 Å². The number of aliphatic hydroxyl groups excluding tert-OH is 1. The van der Waals surface area contributed by atoms with Crippen LogP contribution in [0.15, 0.2) is 54.6 Å². The van der Waals surface area contributed by atoms with E-state index in [0.29, 0.717) is 12.1 Å². The minimum absolute atomic E-state index is 0.111. The standard InChI is InChI=1S/C17H17N2O5P/c20-11-25(24)19-15(10-12-4-2-1-3-5-12)16(21)18-14-8-6-13(7-9-14)17(22)23/h1-9,15,20H,10-11H2,(H2-,18,19,21,22,23,24)/p+1. The van der Waals surface area contributed by atoms with Gasteiger partial charge in [-0.3, -0.25) is 4.79 Å². The number of aromatic carboxylic acids is 1. The normalized spacial score (nSPS) is 12.3. The molecule has 0 spiro atoms. The zero-order valence-corrected chi connectivity index (χ0v) is 14.1. The molecule has 2 unspecified atom stereocenters. The Hall–Kier alpha value is -2.60. The molecule has 0 aliphatic heterocycles. The van der Waals surface area contributed by atoms with E-state index < -0.39 is 32.2 Å². The van der Waals surface area contributed by atoms with Crippen molar-refractivity contribution >= 4 is 25.5 Å². The first-order valence-electron chi connectivity index (χ1n) is 7.49. The first-order valence-corrected chi connectivity index (χ1v) is 8.94. The SMILES string of the molecule is O=C(O)c1ccc(NC(=O)C(Cc2ccccc2)N[P+](=O)CO)cc1. The van der Waals surface area contributed by atoms with Crippen LogP contribution in [0.2, 0.25) is 0 Å². The van der Waals surface area contributed by atoms with E-state index in [0.717, 1.165) is 5.56 Å². The lowest BCUT2D eigenvalue weighted by Crippen LogP contribution is -2.39. The van der Waals surface area contributed by atoms with E-state index >= 15 is 0 Å². The minimum Gasteiger partial charge on any atom is -0.478 e. The van der Waals surface area contributed by atoms with Crippen LogP contribution >= 0.6 is 7.95 Å². The van der Waals surface area contributed by atoms with Crippen molar-refractivity contribution < 1.29 is 24.4 Å². The van der Waals surface area contributed by atoms with Crippen LogP contribution in [0.4, 0.5) is 5.69 Å². The van der Waals surface area contributed by atoms with E-state index in [2.05, 4.69) is 10.4 Å². The number of carbonyl (C=O) groups is 2. The molecule has 8 heteroatoms. The van der Waals surface area contributed by atoms with Gasteiger partial charge in [-0.1, -0.05) is 35.4 Å². The number of hydrogen-bond donors (Lipinski definition) is 4. The Labute approximate surface area is 145 Å². The van der Waals surface area contributed by atoms with Gasteiger partial charge in [-0.25, -0.2) is 4.79 Å². The maximum absolute atomic E-state index is 12.5. The van der Waals surface area contributed by atoms with Gasteiger partial charge in [-0.15, -0.1) is 0 Å². The number of benzene rings is 2. The van der Waals surface area contributed by atoms with Crippen LogP contribution in [0.25, 0.3) is 0 Å². The van der Waals surface area contributed by atoms with E-state index in [9.17, 15) is 14.2 Å². The summed E-state index contributed by atoms with van der Waals surface area (Å²) in [6.07, 6.45) is -0.276. The van der Waals surface area contributed by atoms with E-state index in [1.807, 2.05) is 30.3 Å². The summed E-state index contributed by atoms with van der Waals surface area (Å²) in [5.74, 6) is -1.48. The fourth-order valence-corrected chi connectivity index (χ4v) is 2.82. The van der Waals surface area contributed by atoms with Crippen molar-refractivity contribution in [2.75, 3.05) is 11.7 Å². The molecule has 0 saturated heterocycles. The van der Waals surface area contributed by atoms with Crippen LogP contribution in [0.3, 0.4) is 0 Å². The number of carboxylic acid groups (broad SMARTS) is 1. The number of anilines is 1. The van der Waals surface area contributed by atoms with Crippen LogP contribution in [-0.2, 0) is 15.8 Å². The maximum Gasteiger partial charge on any atom is 0.461 e. The van der Waals surface area contributed by atoms with Crippen LogP contribution in [-0.4, -0.2) is 34.5 Å². The Kier molecular flexibility index (Phi) is 6.77. The highest BCUT2D eigenvalue weighted by molar-refractivity contribution is 7.42. The zero-order chi connectivity index (χ0) is 18.2. The molecule has 4 N–H and O–H groups in total. The largest absolute Gasteiger partial charge is 0.478 e. The van der Waals surface area contributed by atoms with Gasteiger partial charge in [0.15, 0.2) is 0 Å². The van der Waals surface area contributed by atoms with Gasteiger partial charge in [-0.05, 0) is 34.4 Å². The number of amides is 1. The molecule has 0 aliphatic carbocycles. The number of carboxylic acids is 1. The maximum atomic E-state index is 12.5. The molecular weight excluding hydrogens is 343 g/mol. The average molecular weight is 361 g/mol. The molecule has 0 radical (unpaired) electrons. The van der Waals surface area contributed by atoms with Gasteiger partial charge in [0.05, 0.1) is 5.56 Å². The van der Waals surface area contributed by atoms with E-state index in [4.69, 9.17) is 10.2 Å². The third-order valence-electron chi connectivity index (χ3n) is 3.43. The smallest absolute Gasteiger partial charge is 0.461 e. The predicted molar refractivity (Wildman–Crippen MR) is 93.8 cm³/mol. The molecule has 2 aromatic carbocycles. The molecule has 130 valence electrons. The summed E-state index contributed by atoms with van der Waals surface area (Å²) in [4.78, 5) is 23.3. The second kappa shape index (κ2) is 9.03. The summed E-state index contributed by atoms with van der Waals surface area (Å²) in [7, 11) is -2.12. The third-order valence-corrected chi connectivity index (χ3v) is 4.28. The van der Waals surface area contributed by atoms with Crippen molar-refractivity contribution in [3.63, 3.8) is 0 Å². The second-order valence-electron chi connectivity index (χ2n) is 5.26. The monoisotopic (exact) mass is 361 g/mol. The van der Waals surface area contributed by atoms with Gasteiger partial charge < -0.3 is 15.5 Å². The summed E-state index contributed by atoms with van der Waals surface area (Å²) in [6, 6.07) is 14.1. The molecule has 0 heterocycles. The molecule has 2 atom stereocenters. The number of aliphatic hydroxyl groups is 1. The molecule has 0 bridgehead atoms. The van der Waals surface area contributed by atoms with E-state index in [1.165, 1.54) is 24.3 Å². The first-order chi connectivity index (χ1) is 12.0. The van der Waals surface area contributed by atoms with Gasteiger partial charge in [0.1, 0.15) is 6.04 Å². The van der Waals surface area contributed by atoms with Crippen molar-refractivity contribution in [1.29, 1.82) is 0 Å². The highest BCUT2D eigenvalue weighted by atomic mass is 31.1. The van der Waals surface area contributed by atoms with Gasteiger partial charge in [-0.2, -0.15) is 0 Å². The van der Waals surface area contributed by atoms with Gasteiger partial charge in [0.2, 0.25) is 5.91 Å². The fourth-order valence-electron chi connectivity index (χ4n) is 2.19. The quantitative estimate of drug-likeness (QED) is 0.536. The number of nitrogens with one attached hydrogen (secondary N) is 2. The van der Waals surface area contributed by atoms with Gasteiger partial charge in [0.25, 0.3) is 6.35 Å². The Morgan fingerprint density at radius 1 is 1.04 bits per heavy atom. The summed E-state index contributed by atoms with van der Waals surface area (Å²) < 4.78 is 11.6. The van der Waals surface area contributed by atoms with Crippen LogP contribution in [0, 0.1) is 0 Å². The van der Waals surface area contributed by atoms with Crippen molar-refractivity contribution in [2.24, 2.45) is 0 Å². The summed E-state index contributed by atoms with van der Waals surface area (Å²) in [5, 5.41) is 23.1. The van der Waals surface area contributed by atoms with Crippen molar-refractivity contribution in [2.45, 2.75) is 12.5 Å². The Morgan fingerprint density at radius 2 is 1.68 bits per heavy atom. The van der Waals surface area contributed by atoms with E-state index in [-0.39, 0.29) is 5.56 Å². The lowest BCUT2D eigenvalue weighted by Gasteiger charge is -2.14. The first kappa shape index (κ1) is 18.7. The molecule has 1 amide bonds. The summed E-state index contributed by atoms with van der Waals surface area (Å²) in [5.41, 5.74) is 1.41.